The molecule has 10 heteroatoms. The smallest absolute Gasteiger partial charge is 0.227 e. The maximum absolute atomic E-state index is 13.9. The van der Waals surface area contributed by atoms with Gasteiger partial charge in [0.2, 0.25) is 5.91 Å². The van der Waals surface area contributed by atoms with Crippen LogP contribution in [0.3, 0.4) is 0 Å². The highest BCUT2D eigenvalue weighted by atomic mass is 35.5. The molecule has 206 valence electrons. The minimum atomic E-state index is -1.02. The molecule has 1 saturated heterocycles. The molecule has 2 N–H and O–H groups in total. The zero-order valence-corrected chi connectivity index (χ0v) is 24.3. The number of hydrogen-bond donors (Lipinski definition) is 2. The number of benzene rings is 2. The van der Waals surface area contributed by atoms with Crippen molar-refractivity contribution < 1.29 is 17.9 Å². The number of aryl methyl sites for hydroxylation is 2. The molecule has 0 radical (unpaired) electrons. The van der Waals surface area contributed by atoms with Crippen molar-refractivity contribution in [2.75, 3.05) is 30.0 Å². The van der Waals surface area contributed by atoms with Gasteiger partial charge in [-0.3, -0.25) is 4.79 Å². The van der Waals surface area contributed by atoms with E-state index in [4.69, 9.17) is 16.1 Å². The Balaban J connectivity index is 0.00000195. The molecule has 1 aromatic heterocycles. The van der Waals surface area contributed by atoms with Gasteiger partial charge in [0.05, 0.1) is 33.1 Å². The molecule has 1 aliphatic rings. The number of halogens is 2. The Labute approximate surface area is 231 Å². The van der Waals surface area contributed by atoms with E-state index >= 15 is 0 Å². The summed E-state index contributed by atoms with van der Waals surface area (Å²) in [5.74, 6) is -0.405. The lowest BCUT2D eigenvalue weighted by Crippen LogP contribution is -2.28. The summed E-state index contributed by atoms with van der Waals surface area (Å²) in [6.45, 7) is 10.9. The quantitative estimate of drug-likeness (QED) is 0.333. The molecule has 2 heterocycles. The number of carbonyl (C=O) groups is 1. The zero-order valence-electron chi connectivity index (χ0n) is 22.7. The molecule has 3 unspecified atom stereocenters. The lowest BCUT2D eigenvalue weighted by Gasteiger charge is -2.20. The predicted octanol–water partition coefficient (Wildman–Crippen LogP) is 6.37. The molecule has 0 bridgehead atoms. The third-order valence-corrected chi connectivity index (χ3v) is 7.81. The number of carbonyl (C=O) groups excluding carboxylic acids is 1. The fraction of sp³-hybridized carbons (Fsp3) is 0.429. The van der Waals surface area contributed by atoms with E-state index < -0.39 is 22.7 Å². The van der Waals surface area contributed by atoms with Crippen molar-refractivity contribution in [2.45, 2.75) is 53.5 Å². The fourth-order valence-electron chi connectivity index (χ4n) is 4.49. The van der Waals surface area contributed by atoms with Crippen LogP contribution in [0.25, 0.3) is 11.1 Å². The molecule has 7 nitrogen and oxygen atoms in total. The summed E-state index contributed by atoms with van der Waals surface area (Å²) in [7, 11) is -1.02. The molecule has 1 fully saturated rings. The van der Waals surface area contributed by atoms with Gasteiger partial charge in [0.25, 0.3) is 0 Å². The van der Waals surface area contributed by atoms with Crippen LogP contribution in [-0.2, 0) is 22.2 Å². The molecule has 38 heavy (non-hydrogen) atoms. The first-order chi connectivity index (χ1) is 18.1. The normalized spacial score (nSPS) is 16.9. The lowest BCUT2D eigenvalue weighted by atomic mass is 9.99. The van der Waals surface area contributed by atoms with Crippen molar-refractivity contribution >= 4 is 39.9 Å². The SMILES string of the molecule is CC.Cc1noc(C)c1-c1ccc(NC2CCN(S(C)=O)C2)c(NC(=O)C(C)Cc2ccc(Cl)c(F)c2)c1. The van der Waals surface area contributed by atoms with E-state index in [2.05, 4.69) is 15.8 Å². The molecule has 0 saturated carbocycles. The van der Waals surface area contributed by atoms with Gasteiger partial charge in [0, 0.05) is 36.9 Å². The van der Waals surface area contributed by atoms with Crippen molar-refractivity contribution in [3.8, 4) is 11.1 Å². The van der Waals surface area contributed by atoms with Crippen molar-refractivity contribution in [2.24, 2.45) is 5.92 Å². The minimum Gasteiger partial charge on any atom is -0.379 e. The topological polar surface area (TPSA) is 87.5 Å². The maximum atomic E-state index is 13.9. The Bertz CT molecular complexity index is 1280. The van der Waals surface area contributed by atoms with Gasteiger partial charge in [0.1, 0.15) is 11.6 Å². The molecule has 3 atom stereocenters. The summed E-state index contributed by atoms with van der Waals surface area (Å²) < 4.78 is 33.0. The highest BCUT2D eigenvalue weighted by molar-refractivity contribution is 7.81. The Morgan fingerprint density at radius 1 is 1.24 bits per heavy atom. The van der Waals surface area contributed by atoms with E-state index in [1.807, 2.05) is 50.2 Å². The number of anilines is 2. The van der Waals surface area contributed by atoms with Crippen LogP contribution in [0.5, 0.6) is 0 Å². The molecule has 2 aromatic carbocycles. The van der Waals surface area contributed by atoms with E-state index in [0.717, 1.165) is 35.5 Å². The van der Waals surface area contributed by atoms with Crippen molar-refractivity contribution in [1.29, 1.82) is 0 Å². The lowest BCUT2D eigenvalue weighted by molar-refractivity contribution is -0.119. The predicted molar refractivity (Wildman–Crippen MR) is 153 cm³/mol. The minimum absolute atomic E-state index is 0.0556. The molecule has 3 aromatic rings. The monoisotopic (exact) mass is 562 g/mol. The summed E-state index contributed by atoms with van der Waals surface area (Å²) in [6.07, 6.45) is 2.89. The highest BCUT2D eigenvalue weighted by Gasteiger charge is 2.26. The van der Waals surface area contributed by atoms with E-state index in [-0.39, 0.29) is 17.0 Å². The Morgan fingerprint density at radius 3 is 2.58 bits per heavy atom. The Kier molecular flexibility index (Phi) is 10.5. The van der Waals surface area contributed by atoms with Crippen molar-refractivity contribution in [1.82, 2.24) is 9.46 Å². The molecule has 0 spiro atoms. The van der Waals surface area contributed by atoms with Crippen molar-refractivity contribution in [3.05, 3.63) is 64.3 Å². The van der Waals surface area contributed by atoms with Gasteiger partial charge < -0.3 is 15.2 Å². The first-order valence-corrected chi connectivity index (χ1v) is 14.7. The van der Waals surface area contributed by atoms with Crippen LogP contribution in [0.2, 0.25) is 5.02 Å². The molecule has 0 aliphatic carbocycles. The average molecular weight is 563 g/mol. The van der Waals surface area contributed by atoms with Gasteiger partial charge in [-0.15, -0.1) is 0 Å². The molecule has 4 rings (SSSR count). The van der Waals surface area contributed by atoms with E-state index in [1.165, 1.54) is 12.1 Å². The summed E-state index contributed by atoms with van der Waals surface area (Å²) >= 11 is 5.79. The standard InChI is InChI=1S/C26H30ClFN4O3S.C2H6/c1-15(11-18-5-7-21(27)22(28)12-18)26(33)30-24-13-19(25-16(2)31-35-17(25)3)6-8-23(24)29-20-9-10-32(14-20)36(4)34;1-2/h5-8,12-13,15,20,29H,9-11,14H2,1-4H3,(H,30,33);1-2H3. The van der Waals surface area contributed by atoms with Gasteiger partial charge in [-0.05, 0) is 62.1 Å². The molecule has 1 aliphatic heterocycles. The van der Waals surface area contributed by atoms with Gasteiger partial charge >= 0.3 is 0 Å². The molecule has 1 amide bonds. The van der Waals surface area contributed by atoms with Crippen LogP contribution in [-0.4, -0.2) is 45.0 Å². The number of aromatic nitrogens is 1. The third-order valence-electron chi connectivity index (χ3n) is 6.45. The van der Waals surface area contributed by atoms with Crippen LogP contribution >= 0.6 is 11.6 Å². The number of amides is 1. The summed E-state index contributed by atoms with van der Waals surface area (Å²) in [4.78, 5) is 13.2. The average Bonchev–Trinajstić information content (AvgIpc) is 3.50. The van der Waals surface area contributed by atoms with Crippen molar-refractivity contribution in [3.63, 3.8) is 0 Å². The first-order valence-electron chi connectivity index (χ1n) is 12.8. The number of rotatable bonds is 8. The van der Waals surface area contributed by atoms with Crippen LogP contribution in [0, 0.1) is 25.6 Å². The van der Waals surface area contributed by atoms with Crippen LogP contribution < -0.4 is 10.6 Å². The third kappa shape index (κ3) is 7.21. The number of hydrogen-bond acceptors (Lipinski definition) is 5. The number of nitrogens with one attached hydrogen (secondary N) is 2. The van der Waals surface area contributed by atoms with Crippen LogP contribution in [0.1, 0.15) is 44.2 Å². The molecular formula is C28H36ClFN4O3S. The maximum Gasteiger partial charge on any atom is 0.227 e. The zero-order chi connectivity index (χ0) is 28.0. The van der Waals surface area contributed by atoms with Gasteiger partial charge in [-0.1, -0.05) is 49.7 Å². The van der Waals surface area contributed by atoms with Gasteiger partial charge in [-0.25, -0.2) is 12.9 Å². The van der Waals surface area contributed by atoms with E-state index in [9.17, 15) is 13.4 Å². The van der Waals surface area contributed by atoms with E-state index in [0.29, 0.717) is 30.0 Å². The Hall–Kier alpha value is -2.75. The van der Waals surface area contributed by atoms with Gasteiger partial charge in [-0.2, -0.15) is 0 Å². The second-order valence-corrected chi connectivity index (χ2v) is 11.0. The summed E-state index contributed by atoms with van der Waals surface area (Å²) in [6, 6.07) is 10.5. The molecular weight excluding hydrogens is 527 g/mol. The fourth-order valence-corrected chi connectivity index (χ4v) is 5.36. The first kappa shape index (κ1) is 29.8. The van der Waals surface area contributed by atoms with E-state index in [1.54, 1.807) is 19.2 Å². The largest absolute Gasteiger partial charge is 0.379 e. The highest BCUT2D eigenvalue weighted by Crippen LogP contribution is 2.34. The summed E-state index contributed by atoms with van der Waals surface area (Å²) in [5.41, 5.74) is 4.62. The Morgan fingerprint density at radius 2 is 1.97 bits per heavy atom. The van der Waals surface area contributed by atoms with Gasteiger partial charge in [0.15, 0.2) is 0 Å². The number of nitrogens with zero attached hydrogens (tertiary/aromatic N) is 2. The second-order valence-electron chi connectivity index (χ2n) is 9.24. The van der Waals surface area contributed by atoms with Crippen LogP contribution in [0.15, 0.2) is 40.9 Å². The summed E-state index contributed by atoms with van der Waals surface area (Å²) in [5, 5.41) is 10.7. The second kappa shape index (κ2) is 13.4. The van der Waals surface area contributed by atoms with Crippen LogP contribution in [0.4, 0.5) is 15.8 Å².